The van der Waals surface area contributed by atoms with Crippen LogP contribution in [0.4, 0.5) is 29.2 Å². The maximum atomic E-state index is 11.5. The van der Waals surface area contributed by atoms with Crippen molar-refractivity contribution in [1.82, 2.24) is 15.0 Å². The van der Waals surface area contributed by atoms with E-state index in [2.05, 4.69) is 30.3 Å². The largest absolute Gasteiger partial charge is 0.493 e. The molecule has 2 saturated heterocycles. The topological polar surface area (TPSA) is 174 Å². The van der Waals surface area contributed by atoms with Gasteiger partial charge in [0.05, 0.1) is 29.2 Å². The van der Waals surface area contributed by atoms with E-state index < -0.39 is 21.2 Å². The molecule has 220 valence electrons. The van der Waals surface area contributed by atoms with Crippen molar-refractivity contribution in [3.8, 4) is 17.2 Å². The zero-order valence-corrected chi connectivity index (χ0v) is 23.1. The van der Waals surface area contributed by atoms with Gasteiger partial charge in [-0.05, 0) is 68.4 Å². The highest BCUT2D eigenvalue weighted by Gasteiger charge is 2.23. The molecule has 0 atom stereocenters. The summed E-state index contributed by atoms with van der Waals surface area (Å²) in [4.78, 5) is 39.5. The molecule has 3 aromatic rings. The molecule has 3 heterocycles. The fourth-order valence-electron chi connectivity index (χ4n) is 4.85. The first-order valence-corrected chi connectivity index (χ1v) is 13.7. The number of nitro benzene ring substituents is 2. The molecule has 0 amide bonds. The van der Waals surface area contributed by atoms with Crippen molar-refractivity contribution in [3.63, 3.8) is 0 Å². The number of methoxy groups -OCH3 is 1. The van der Waals surface area contributed by atoms with E-state index in [0.717, 1.165) is 64.0 Å². The number of hydrogen-bond donors (Lipinski definition) is 1. The van der Waals surface area contributed by atoms with Crippen LogP contribution in [0.25, 0.3) is 0 Å². The van der Waals surface area contributed by atoms with Gasteiger partial charge in [-0.3, -0.25) is 20.2 Å². The quantitative estimate of drug-likeness (QED) is 0.196. The highest BCUT2D eigenvalue weighted by Crippen LogP contribution is 2.38. The first-order valence-electron chi connectivity index (χ1n) is 13.7. The predicted octanol–water partition coefficient (Wildman–Crippen LogP) is 4.92. The lowest BCUT2D eigenvalue weighted by atomic mass is 10.1. The van der Waals surface area contributed by atoms with Crippen molar-refractivity contribution < 1.29 is 19.3 Å². The molecule has 1 aromatic heterocycles. The molecule has 15 nitrogen and oxygen atoms in total. The third kappa shape index (κ3) is 6.79. The van der Waals surface area contributed by atoms with Crippen molar-refractivity contribution in [1.29, 1.82) is 0 Å². The van der Waals surface area contributed by atoms with Gasteiger partial charge in [0, 0.05) is 32.2 Å². The zero-order valence-electron chi connectivity index (χ0n) is 23.1. The van der Waals surface area contributed by atoms with E-state index in [4.69, 9.17) is 14.5 Å². The standard InChI is InChI=1S/C27H31N9O6/c1-41-24-16-19(8-10-23(24)42-22-11-9-20(35(37)38)17-21(22)36(39)40)18-28-32-25-29-26(33-12-4-2-5-13-33)31-27(30-25)34-14-6-3-7-15-34/h8-11,16-18H,2-7,12-15H2,1H3,(H,29,30,31,32)/b28-18+. The molecule has 0 bridgehead atoms. The van der Waals surface area contributed by atoms with Gasteiger partial charge in [0.25, 0.3) is 5.69 Å². The number of aromatic nitrogens is 3. The molecule has 0 saturated carbocycles. The van der Waals surface area contributed by atoms with Gasteiger partial charge in [0.1, 0.15) is 0 Å². The van der Waals surface area contributed by atoms with E-state index in [0.29, 0.717) is 23.4 Å². The van der Waals surface area contributed by atoms with Crippen molar-refractivity contribution in [2.45, 2.75) is 38.5 Å². The fraction of sp³-hybridized carbons (Fsp3) is 0.407. The van der Waals surface area contributed by atoms with Gasteiger partial charge >= 0.3 is 5.69 Å². The molecule has 15 heteroatoms. The molecule has 0 spiro atoms. The summed E-state index contributed by atoms with van der Waals surface area (Å²) < 4.78 is 11.1. The number of nitrogens with one attached hydrogen (secondary N) is 1. The maximum absolute atomic E-state index is 11.5. The van der Waals surface area contributed by atoms with Crippen LogP contribution in [0.2, 0.25) is 0 Å². The second kappa shape index (κ2) is 13.1. The number of rotatable bonds is 10. The van der Waals surface area contributed by atoms with Gasteiger partial charge < -0.3 is 19.3 Å². The lowest BCUT2D eigenvalue weighted by molar-refractivity contribution is -0.394. The lowest BCUT2D eigenvalue weighted by Gasteiger charge is -2.30. The molecule has 2 aromatic carbocycles. The van der Waals surface area contributed by atoms with Crippen molar-refractivity contribution >= 4 is 35.4 Å². The SMILES string of the molecule is COc1cc(/C=N/Nc2nc(N3CCCCC3)nc(N3CCCCC3)n2)ccc1Oc1ccc([N+](=O)[O-])cc1[N+](=O)[O-]. The van der Waals surface area contributed by atoms with Crippen LogP contribution in [0.1, 0.15) is 44.1 Å². The number of hydrogen-bond acceptors (Lipinski definition) is 13. The summed E-state index contributed by atoms with van der Waals surface area (Å²) >= 11 is 0. The summed E-state index contributed by atoms with van der Waals surface area (Å²) in [6.07, 6.45) is 8.37. The second-order valence-electron chi connectivity index (χ2n) is 9.90. The van der Waals surface area contributed by atoms with Crippen LogP contribution in [0.3, 0.4) is 0 Å². The normalized spacial score (nSPS) is 15.5. The molecule has 0 aliphatic carbocycles. The van der Waals surface area contributed by atoms with E-state index >= 15 is 0 Å². The van der Waals surface area contributed by atoms with Gasteiger partial charge in [-0.15, -0.1) is 0 Å². The fourth-order valence-corrected chi connectivity index (χ4v) is 4.85. The lowest BCUT2D eigenvalue weighted by Crippen LogP contribution is -2.34. The number of anilines is 3. The average molecular weight is 578 g/mol. The molecule has 1 N–H and O–H groups in total. The highest BCUT2D eigenvalue weighted by molar-refractivity contribution is 5.81. The molecule has 2 fully saturated rings. The molecule has 2 aliphatic heterocycles. The molecular formula is C27H31N9O6. The highest BCUT2D eigenvalue weighted by atomic mass is 16.6. The number of non-ortho nitro benzene ring substituents is 1. The summed E-state index contributed by atoms with van der Waals surface area (Å²) in [6, 6.07) is 8.06. The van der Waals surface area contributed by atoms with Crippen molar-refractivity contribution in [2.75, 3.05) is 48.5 Å². The van der Waals surface area contributed by atoms with Crippen LogP contribution in [-0.2, 0) is 0 Å². The molecule has 2 aliphatic rings. The van der Waals surface area contributed by atoms with Gasteiger partial charge in [-0.2, -0.15) is 20.1 Å². The molecule has 0 radical (unpaired) electrons. The number of benzene rings is 2. The Labute approximate surface area is 241 Å². The number of nitrogens with zero attached hydrogens (tertiary/aromatic N) is 8. The molecule has 42 heavy (non-hydrogen) atoms. The second-order valence-corrected chi connectivity index (χ2v) is 9.90. The summed E-state index contributed by atoms with van der Waals surface area (Å²) in [5.41, 5.74) is 2.63. The minimum absolute atomic E-state index is 0.157. The Kier molecular flexibility index (Phi) is 8.84. The van der Waals surface area contributed by atoms with E-state index in [1.54, 1.807) is 24.4 Å². The van der Waals surface area contributed by atoms with Crippen molar-refractivity contribution in [3.05, 3.63) is 62.2 Å². The van der Waals surface area contributed by atoms with E-state index in [9.17, 15) is 20.2 Å². The summed E-state index contributed by atoms with van der Waals surface area (Å²) in [5.74, 6) is 1.95. The number of hydrazone groups is 1. The Morgan fingerprint density at radius 1 is 0.810 bits per heavy atom. The number of piperidine rings is 2. The molecular weight excluding hydrogens is 546 g/mol. The first kappa shape index (κ1) is 28.4. The number of nitro groups is 2. The molecule has 0 unspecified atom stereocenters. The number of ether oxygens (including phenoxy) is 2. The van der Waals surface area contributed by atoms with Crippen LogP contribution in [0, 0.1) is 20.2 Å². The van der Waals surface area contributed by atoms with E-state index in [1.807, 2.05) is 0 Å². The average Bonchev–Trinajstić information content (AvgIpc) is 3.02. The van der Waals surface area contributed by atoms with Gasteiger partial charge in [0.2, 0.25) is 23.6 Å². The van der Waals surface area contributed by atoms with E-state index in [1.165, 1.54) is 26.0 Å². The van der Waals surface area contributed by atoms with Gasteiger partial charge in [-0.25, -0.2) is 5.43 Å². The third-order valence-electron chi connectivity index (χ3n) is 7.03. The van der Waals surface area contributed by atoms with Crippen molar-refractivity contribution in [2.24, 2.45) is 5.10 Å². The minimum atomic E-state index is -0.740. The van der Waals surface area contributed by atoms with Crippen LogP contribution in [0.5, 0.6) is 17.2 Å². The Balaban J connectivity index is 1.33. The Hall–Kier alpha value is -5.08. The van der Waals surface area contributed by atoms with Crippen LogP contribution in [-0.4, -0.2) is 64.3 Å². The van der Waals surface area contributed by atoms with Crippen LogP contribution in [0.15, 0.2) is 41.5 Å². The Morgan fingerprint density at radius 2 is 1.43 bits per heavy atom. The maximum Gasteiger partial charge on any atom is 0.318 e. The van der Waals surface area contributed by atoms with E-state index in [-0.39, 0.29) is 17.2 Å². The summed E-state index contributed by atoms with van der Waals surface area (Å²) in [7, 11) is 1.43. The summed E-state index contributed by atoms with van der Waals surface area (Å²) in [5, 5.41) is 26.8. The Morgan fingerprint density at radius 3 is 2.00 bits per heavy atom. The third-order valence-corrected chi connectivity index (χ3v) is 7.03. The van der Waals surface area contributed by atoms with Crippen LogP contribution < -0.4 is 24.7 Å². The Bertz CT molecular complexity index is 1440. The van der Waals surface area contributed by atoms with Crippen LogP contribution >= 0.6 is 0 Å². The smallest absolute Gasteiger partial charge is 0.318 e. The zero-order chi connectivity index (χ0) is 29.5. The summed E-state index contributed by atoms with van der Waals surface area (Å²) in [6.45, 7) is 3.62. The van der Waals surface area contributed by atoms with Gasteiger partial charge in [0.15, 0.2) is 11.5 Å². The monoisotopic (exact) mass is 577 g/mol. The molecule has 5 rings (SSSR count). The van der Waals surface area contributed by atoms with Gasteiger partial charge in [-0.1, -0.05) is 0 Å². The predicted molar refractivity (Wildman–Crippen MR) is 156 cm³/mol. The minimum Gasteiger partial charge on any atom is -0.493 e. The first-order chi connectivity index (χ1) is 20.4.